The van der Waals surface area contributed by atoms with Gasteiger partial charge in [-0.25, -0.2) is 0 Å². The molecule has 1 rings (SSSR count). The number of benzene rings is 1. The zero-order valence-corrected chi connectivity index (χ0v) is 12.1. The maximum Gasteiger partial charge on any atom is 0.221 e. The van der Waals surface area contributed by atoms with E-state index in [4.69, 9.17) is 5.73 Å². The molecule has 4 nitrogen and oxygen atoms in total. The third kappa shape index (κ3) is 4.91. The SMILES string of the molecule is CCNC(=O)CCN(c1ccc(CN)cc1)C(C)C. The van der Waals surface area contributed by atoms with E-state index in [2.05, 4.69) is 36.2 Å². The van der Waals surface area contributed by atoms with Crippen molar-refractivity contribution in [1.29, 1.82) is 0 Å². The van der Waals surface area contributed by atoms with E-state index >= 15 is 0 Å². The van der Waals surface area contributed by atoms with Crippen LogP contribution in [0.15, 0.2) is 24.3 Å². The molecule has 106 valence electrons. The number of amides is 1. The summed E-state index contributed by atoms with van der Waals surface area (Å²) >= 11 is 0. The van der Waals surface area contributed by atoms with E-state index < -0.39 is 0 Å². The number of carbonyl (C=O) groups excluding carboxylic acids is 1. The Kier molecular flexibility index (Phi) is 6.36. The molecule has 1 aromatic rings. The second-order valence-electron chi connectivity index (χ2n) is 4.86. The van der Waals surface area contributed by atoms with Gasteiger partial charge in [0.1, 0.15) is 0 Å². The third-order valence-electron chi connectivity index (χ3n) is 3.08. The van der Waals surface area contributed by atoms with Crippen molar-refractivity contribution in [2.24, 2.45) is 5.73 Å². The summed E-state index contributed by atoms with van der Waals surface area (Å²) in [6.45, 7) is 8.17. The zero-order valence-electron chi connectivity index (χ0n) is 12.1. The number of rotatable bonds is 7. The van der Waals surface area contributed by atoms with E-state index in [-0.39, 0.29) is 5.91 Å². The fourth-order valence-corrected chi connectivity index (χ4v) is 2.02. The van der Waals surface area contributed by atoms with Crippen LogP contribution in [0.3, 0.4) is 0 Å². The van der Waals surface area contributed by atoms with Gasteiger partial charge in [-0.15, -0.1) is 0 Å². The molecule has 0 unspecified atom stereocenters. The predicted octanol–water partition coefficient (Wildman–Crippen LogP) is 1.89. The maximum absolute atomic E-state index is 11.5. The summed E-state index contributed by atoms with van der Waals surface area (Å²) < 4.78 is 0. The molecule has 0 aliphatic heterocycles. The summed E-state index contributed by atoms with van der Waals surface area (Å²) in [6, 6.07) is 8.58. The lowest BCUT2D eigenvalue weighted by Crippen LogP contribution is -2.35. The Balaban J connectivity index is 2.68. The van der Waals surface area contributed by atoms with Crippen molar-refractivity contribution in [3.8, 4) is 0 Å². The third-order valence-corrected chi connectivity index (χ3v) is 3.08. The molecule has 0 saturated carbocycles. The van der Waals surface area contributed by atoms with E-state index in [0.717, 1.165) is 17.8 Å². The summed E-state index contributed by atoms with van der Waals surface area (Å²) in [5.41, 5.74) is 7.86. The maximum atomic E-state index is 11.5. The lowest BCUT2D eigenvalue weighted by molar-refractivity contribution is -0.120. The molecular formula is C15H25N3O. The number of hydrogen-bond acceptors (Lipinski definition) is 3. The molecule has 0 aliphatic rings. The van der Waals surface area contributed by atoms with E-state index in [9.17, 15) is 4.79 Å². The minimum absolute atomic E-state index is 0.103. The van der Waals surface area contributed by atoms with Gasteiger partial charge in [0.05, 0.1) is 0 Å². The number of nitrogens with two attached hydrogens (primary N) is 1. The molecule has 0 fully saturated rings. The van der Waals surface area contributed by atoms with Crippen LogP contribution in [0, 0.1) is 0 Å². The van der Waals surface area contributed by atoms with Crippen molar-refractivity contribution >= 4 is 11.6 Å². The average molecular weight is 263 g/mol. The molecule has 4 heteroatoms. The summed E-state index contributed by atoms with van der Waals surface area (Å²) in [4.78, 5) is 13.8. The Bertz CT molecular complexity index is 387. The number of hydrogen-bond donors (Lipinski definition) is 2. The topological polar surface area (TPSA) is 58.4 Å². The van der Waals surface area contributed by atoms with Gasteiger partial charge in [0.2, 0.25) is 5.91 Å². The van der Waals surface area contributed by atoms with Crippen LogP contribution in [0.4, 0.5) is 5.69 Å². The first kappa shape index (κ1) is 15.5. The second kappa shape index (κ2) is 7.79. The quantitative estimate of drug-likeness (QED) is 0.790. The van der Waals surface area contributed by atoms with Crippen molar-refractivity contribution in [3.05, 3.63) is 29.8 Å². The van der Waals surface area contributed by atoms with Gasteiger partial charge < -0.3 is 16.0 Å². The first-order valence-corrected chi connectivity index (χ1v) is 6.90. The van der Waals surface area contributed by atoms with Crippen molar-refractivity contribution in [3.63, 3.8) is 0 Å². The standard InChI is InChI=1S/C15H25N3O/c1-4-17-15(19)9-10-18(12(2)3)14-7-5-13(11-16)6-8-14/h5-8,12H,4,9-11,16H2,1-3H3,(H,17,19). The van der Waals surface area contributed by atoms with Gasteiger partial charge in [-0.1, -0.05) is 12.1 Å². The van der Waals surface area contributed by atoms with Gasteiger partial charge >= 0.3 is 0 Å². The van der Waals surface area contributed by atoms with Gasteiger partial charge in [0, 0.05) is 37.8 Å². The van der Waals surface area contributed by atoms with Gasteiger partial charge in [-0.3, -0.25) is 4.79 Å². The fourth-order valence-electron chi connectivity index (χ4n) is 2.02. The highest BCUT2D eigenvalue weighted by Crippen LogP contribution is 2.18. The fraction of sp³-hybridized carbons (Fsp3) is 0.533. The molecule has 0 saturated heterocycles. The first-order chi connectivity index (χ1) is 9.08. The van der Waals surface area contributed by atoms with Crippen LogP contribution in [-0.4, -0.2) is 25.0 Å². The lowest BCUT2D eigenvalue weighted by atomic mass is 10.1. The molecule has 0 bridgehead atoms. The van der Waals surface area contributed by atoms with E-state index in [1.165, 1.54) is 0 Å². The van der Waals surface area contributed by atoms with Crippen LogP contribution in [0.5, 0.6) is 0 Å². The Labute approximate surface area is 116 Å². The van der Waals surface area contributed by atoms with Gasteiger partial charge in [-0.05, 0) is 38.5 Å². The Morgan fingerprint density at radius 1 is 1.32 bits per heavy atom. The lowest BCUT2D eigenvalue weighted by Gasteiger charge is -2.29. The van der Waals surface area contributed by atoms with Crippen LogP contribution in [-0.2, 0) is 11.3 Å². The summed E-state index contributed by atoms with van der Waals surface area (Å²) in [7, 11) is 0. The zero-order chi connectivity index (χ0) is 14.3. The number of nitrogens with one attached hydrogen (secondary N) is 1. The van der Waals surface area contributed by atoms with E-state index in [1.807, 2.05) is 19.1 Å². The molecule has 0 heterocycles. The highest BCUT2D eigenvalue weighted by molar-refractivity contribution is 5.76. The largest absolute Gasteiger partial charge is 0.369 e. The monoisotopic (exact) mass is 263 g/mol. The Morgan fingerprint density at radius 3 is 2.42 bits per heavy atom. The summed E-state index contributed by atoms with van der Waals surface area (Å²) in [6.07, 6.45) is 0.519. The molecule has 0 atom stereocenters. The van der Waals surface area contributed by atoms with Crippen LogP contribution in [0.2, 0.25) is 0 Å². The molecule has 0 spiro atoms. The normalized spacial score (nSPS) is 10.6. The number of anilines is 1. The Hall–Kier alpha value is -1.55. The number of carbonyl (C=O) groups is 1. The molecule has 19 heavy (non-hydrogen) atoms. The van der Waals surface area contributed by atoms with Crippen LogP contribution in [0.25, 0.3) is 0 Å². The average Bonchev–Trinajstić information content (AvgIpc) is 2.39. The smallest absolute Gasteiger partial charge is 0.221 e. The van der Waals surface area contributed by atoms with Crippen LogP contribution >= 0.6 is 0 Å². The molecule has 1 amide bonds. The minimum atomic E-state index is 0.103. The predicted molar refractivity (Wildman–Crippen MR) is 80.1 cm³/mol. The summed E-state index contributed by atoms with van der Waals surface area (Å²) in [5.74, 6) is 0.103. The van der Waals surface area contributed by atoms with Crippen molar-refractivity contribution in [2.75, 3.05) is 18.0 Å². The number of nitrogens with zero attached hydrogens (tertiary/aromatic N) is 1. The van der Waals surface area contributed by atoms with E-state index in [0.29, 0.717) is 25.6 Å². The van der Waals surface area contributed by atoms with Crippen molar-refractivity contribution in [2.45, 2.75) is 39.8 Å². The summed E-state index contributed by atoms with van der Waals surface area (Å²) in [5, 5.41) is 2.83. The van der Waals surface area contributed by atoms with Gasteiger partial charge in [-0.2, -0.15) is 0 Å². The second-order valence-corrected chi connectivity index (χ2v) is 4.86. The van der Waals surface area contributed by atoms with Crippen molar-refractivity contribution < 1.29 is 4.79 Å². The highest BCUT2D eigenvalue weighted by Gasteiger charge is 2.12. The van der Waals surface area contributed by atoms with E-state index in [1.54, 1.807) is 0 Å². The van der Waals surface area contributed by atoms with Gasteiger partial charge in [0.25, 0.3) is 0 Å². The molecule has 1 aromatic carbocycles. The molecular weight excluding hydrogens is 238 g/mol. The first-order valence-electron chi connectivity index (χ1n) is 6.90. The van der Waals surface area contributed by atoms with Crippen molar-refractivity contribution in [1.82, 2.24) is 5.32 Å². The molecule has 0 aromatic heterocycles. The van der Waals surface area contributed by atoms with Crippen LogP contribution < -0.4 is 16.0 Å². The van der Waals surface area contributed by atoms with Gasteiger partial charge in [0.15, 0.2) is 0 Å². The Morgan fingerprint density at radius 2 is 1.95 bits per heavy atom. The minimum Gasteiger partial charge on any atom is -0.369 e. The molecule has 0 aliphatic carbocycles. The van der Waals surface area contributed by atoms with Crippen LogP contribution in [0.1, 0.15) is 32.8 Å². The highest BCUT2D eigenvalue weighted by atomic mass is 16.1. The molecule has 0 radical (unpaired) electrons. The molecule has 3 N–H and O–H groups in total.